The van der Waals surface area contributed by atoms with Gasteiger partial charge < -0.3 is 15.3 Å². The van der Waals surface area contributed by atoms with Crippen molar-refractivity contribution in [3.05, 3.63) is 0 Å². The van der Waals surface area contributed by atoms with Crippen molar-refractivity contribution in [2.45, 2.75) is 46.0 Å². The molecule has 0 bridgehead atoms. The van der Waals surface area contributed by atoms with Crippen molar-refractivity contribution in [2.75, 3.05) is 27.2 Å². The van der Waals surface area contributed by atoms with Crippen LogP contribution in [0.25, 0.3) is 0 Å². The molecule has 5 nitrogen and oxygen atoms in total. The Labute approximate surface area is 116 Å². The van der Waals surface area contributed by atoms with Crippen LogP contribution in [-0.2, 0) is 9.59 Å². The van der Waals surface area contributed by atoms with Gasteiger partial charge in [0.1, 0.15) is 0 Å². The van der Waals surface area contributed by atoms with Crippen LogP contribution in [0.5, 0.6) is 0 Å². The van der Waals surface area contributed by atoms with Gasteiger partial charge in [-0.15, -0.1) is 0 Å². The lowest BCUT2D eigenvalue weighted by atomic mass is 9.84. The van der Waals surface area contributed by atoms with E-state index in [1.54, 1.807) is 19.0 Å². The Kier molecular flexibility index (Phi) is 8.39. The second kappa shape index (κ2) is 8.91. The smallest absolute Gasteiger partial charge is 0.303 e. The third kappa shape index (κ3) is 10.5. The van der Waals surface area contributed by atoms with Crippen LogP contribution in [0.1, 0.15) is 46.0 Å². The lowest BCUT2D eigenvalue weighted by molar-refractivity contribution is -0.137. The molecule has 0 fully saturated rings. The van der Waals surface area contributed by atoms with Gasteiger partial charge in [-0.1, -0.05) is 13.8 Å². The number of carbonyl (C=O) groups is 2. The maximum absolute atomic E-state index is 11.3. The van der Waals surface area contributed by atoms with E-state index in [1.165, 1.54) is 0 Å². The zero-order valence-corrected chi connectivity index (χ0v) is 12.7. The normalized spacial score (nSPS) is 11.4. The Hall–Kier alpha value is -1.10. The maximum atomic E-state index is 11.3. The summed E-state index contributed by atoms with van der Waals surface area (Å²) < 4.78 is 0. The van der Waals surface area contributed by atoms with Gasteiger partial charge in [-0.25, -0.2) is 0 Å². The first-order valence-electron chi connectivity index (χ1n) is 6.87. The summed E-state index contributed by atoms with van der Waals surface area (Å²) in [7, 11) is 3.53. The largest absolute Gasteiger partial charge is 0.481 e. The highest BCUT2D eigenvalue weighted by atomic mass is 16.4. The molecule has 5 heteroatoms. The molecular formula is C14H28N2O3. The molecule has 0 aromatic rings. The van der Waals surface area contributed by atoms with Crippen molar-refractivity contribution < 1.29 is 14.7 Å². The number of carboxylic acid groups (broad SMARTS) is 1. The number of nitrogens with one attached hydrogen (secondary N) is 1. The first-order valence-corrected chi connectivity index (χ1v) is 6.87. The summed E-state index contributed by atoms with van der Waals surface area (Å²) in [5.41, 5.74) is 0.0465. The average Bonchev–Trinajstić information content (AvgIpc) is 2.30. The minimum atomic E-state index is -0.733. The highest BCUT2D eigenvalue weighted by Gasteiger charge is 2.18. The standard InChI is InChI=1S/C14H28N2O3/c1-14(2,8-7-13(18)19)9-11-15-10-5-6-12(17)16(3)4/h15H,5-11H2,1-4H3,(H,18,19). The van der Waals surface area contributed by atoms with Crippen molar-refractivity contribution in [3.8, 4) is 0 Å². The maximum Gasteiger partial charge on any atom is 0.303 e. The van der Waals surface area contributed by atoms with E-state index in [-0.39, 0.29) is 17.7 Å². The van der Waals surface area contributed by atoms with Gasteiger partial charge in [0.25, 0.3) is 0 Å². The summed E-state index contributed by atoms with van der Waals surface area (Å²) in [4.78, 5) is 23.5. The molecule has 0 spiro atoms. The molecule has 0 saturated heterocycles. The molecule has 0 heterocycles. The minimum absolute atomic E-state index is 0.0465. The Balaban J connectivity index is 3.57. The van der Waals surface area contributed by atoms with Crippen molar-refractivity contribution in [1.82, 2.24) is 10.2 Å². The summed E-state index contributed by atoms with van der Waals surface area (Å²) in [6, 6.07) is 0. The Morgan fingerprint density at radius 1 is 1.11 bits per heavy atom. The van der Waals surface area contributed by atoms with Crippen molar-refractivity contribution in [2.24, 2.45) is 5.41 Å². The van der Waals surface area contributed by atoms with Crippen LogP contribution in [0.4, 0.5) is 0 Å². The number of rotatable bonds is 10. The third-order valence-electron chi connectivity index (χ3n) is 3.24. The molecule has 0 aliphatic rings. The quantitative estimate of drug-likeness (QED) is 0.594. The van der Waals surface area contributed by atoms with Crippen molar-refractivity contribution >= 4 is 11.9 Å². The van der Waals surface area contributed by atoms with E-state index >= 15 is 0 Å². The highest BCUT2D eigenvalue weighted by molar-refractivity contribution is 5.75. The molecular weight excluding hydrogens is 244 g/mol. The van der Waals surface area contributed by atoms with Crippen LogP contribution in [0, 0.1) is 5.41 Å². The van der Waals surface area contributed by atoms with E-state index in [9.17, 15) is 9.59 Å². The molecule has 0 aromatic carbocycles. The highest BCUT2D eigenvalue weighted by Crippen LogP contribution is 2.25. The number of carbonyl (C=O) groups excluding carboxylic acids is 1. The minimum Gasteiger partial charge on any atom is -0.481 e. The van der Waals surface area contributed by atoms with Crippen LogP contribution in [0.2, 0.25) is 0 Å². The first-order chi connectivity index (χ1) is 8.74. The van der Waals surface area contributed by atoms with Crippen LogP contribution >= 0.6 is 0 Å². The molecule has 0 atom stereocenters. The molecule has 0 radical (unpaired) electrons. The number of hydrogen-bond acceptors (Lipinski definition) is 3. The van der Waals surface area contributed by atoms with Gasteiger partial charge in [0.15, 0.2) is 0 Å². The molecule has 0 aliphatic heterocycles. The predicted molar refractivity (Wildman–Crippen MR) is 76.1 cm³/mol. The predicted octanol–water partition coefficient (Wildman–Crippen LogP) is 1.73. The van der Waals surface area contributed by atoms with Crippen molar-refractivity contribution in [3.63, 3.8) is 0 Å². The number of nitrogens with zero attached hydrogens (tertiary/aromatic N) is 1. The molecule has 0 aromatic heterocycles. The van der Waals surface area contributed by atoms with Gasteiger partial charge in [-0.2, -0.15) is 0 Å². The van der Waals surface area contributed by atoms with Crippen LogP contribution in [-0.4, -0.2) is 49.1 Å². The monoisotopic (exact) mass is 272 g/mol. The van der Waals surface area contributed by atoms with Gasteiger partial charge >= 0.3 is 5.97 Å². The van der Waals surface area contributed by atoms with Gasteiger partial charge in [0, 0.05) is 26.9 Å². The summed E-state index contributed by atoms with van der Waals surface area (Å²) in [5.74, 6) is -0.577. The summed E-state index contributed by atoms with van der Waals surface area (Å²) in [5, 5.41) is 12.0. The second-order valence-electron chi connectivity index (χ2n) is 5.95. The number of carboxylic acids is 1. The molecule has 112 valence electrons. The topological polar surface area (TPSA) is 69.6 Å². The lowest BCUT2D eigenvalue weighted by Crippen LogP contribution is -2.26. The fraction of sp³-hybridized carbons (Fsp3) is 0.857. The SMILES string of the molecule is CN(C)C(=O)CCCNCCC(C)(C)CCC(=O)O. The molecule has 2 N–H and O–H groups in total. The molecule has 0 unspecified atom stereocenters. The number of hydrogen-bond donors (Lipinski definition) is 2. The van der Waals surface area contributed by atoms with E-state index in [0.29, 0.717) is 12.8 Å². The zero-order valence-electron chi connectivity index (χ0n) is 12.7. The van der Waals surface area contributed by atoms with E-state index in [0.717, 1.165) is 25.9 Å². The summed E-state index contributed by atoms with van der Waals surface area (Å²) in [6.07, 6.45) is 3.28. The first kappa shape index (κ1) is 17.9. The van der Waals surface area contributed by atoms with Gasteiger partial charge in [0.05, 0.1) is 0 Å². The third-order valence-corrected chi connectivity index (χ3v) is 3.24. The van der Waals surface area contributed by atoms with Crippen LogP contribution in [0.3, 0.4) is 0 Å². The van der Waals surface area contributed by atoms with E-state index in [2.05, 4.69) is 19.2 Å². The van der Waals surface area contributed by atoms with Gasteiger partial charge in [-0.05, 0) is 37.8 Å². The molecule has 0 saturated carbocycles. The van der Waals surface area contributed by atoms with Crippen LogP contribution in [0.15, 0.2) is 0 Å². The van der Waals surface area contributed by atoms with Crippen LogP contribution < -0.4 is 5.32 Å². The second-order valence-corrected chi connectivity index (χ2v) is 5.95. The Bertz CT molecular complexity index is 288. The Morgan fingerprint density at radius 2 is 1.74 bits per heavy atom. The van der Waals surface area contributed by atoms with E-state index in [4.69, 9.17) is 5.11 Å². The zero-order chi connectivity index (χ0) is 14.9. The summed E-state index contributed by atoms with van der Waals surface area (Å²) >= 11 is 0. The van der Waals surface area contributed by atoms with E-state index < -0.39 is 5.97 Å². The summed E-state index contributed by atoms with van der Waals surface area (Å²) in [6.45, 7) is 5.87. The fourth-order valence-corrected chi connectivity index (χ4v) is 1.71. The Morgan fingerprint density at radius 3 is 2.26 bits per heavy atom. The number of aliphatic carboxylic acids is 1. The molecule has 19 heavy (non-hydrogen) atoms. The lowest BCUT2D eigenvalue weighted by Gasteiger charge is -2.23. The van der Waals surface area contributed by atoms with E-state index in [1.807, 2.05) is 0 Å². The van der Waals surface area contributed by atoms with Gasteiger partial charge in [-0.3, -0.25) is 9.59 Å². The van der Waals surface area contributed by atoms with Crippen molar-refractivity contribution in [1.29, 1.82) is 0 Å². The molecule has 1 amide bonds. The molecule has 0 rings (SSSR count). The number of amides is 1. The fourth-order valence-electron chi connectivity index (χ4n) is 1.71. The molecule has 0 aliphatic carbocycles. The average molecular weight is 272 g/mol. The van der Waals surface area contributed by atoms with Gasteiger partial charge in [0.2, 0.25) is 5.91 Å².